The third-order valence-corrected chi connectivity index (χ3v) is 3.69. The van der Waals surface area contributed by atoms with Gasteiger partial charge >= 0.3 is 0 Å². The van der Waals surface area contributed by atoms with Gasteiger partial charge in [0.15, 0.2) is 11.5 Å². The third kappa shape index (κ3) is 6.53. The SMILES string of the molecule is CC=N.CCN/N=C\C(C)c1ccnc(Nc2ccc3c(c2)OCCCO3)n1. The van der Waals surface area contributed by atoms with Crippen molar-refractivity contribution in [2.75, 3.05) is 25.1 Å². The fraction of sp³-hybridized carbons (Fsp3) is 0.400. The molecular weight excluding hydrogens is 356 g/mol. The van der Waals surface area contributed by atoms with Crippen molar-refractivity contribution >= 4 is 24.1 Å². The first-order chi connectivity index (χ1) is 13.7. The summed E-state index contributed by atoms with van der Waals surface area (Å²) in [5, 5.41) is 13.5. The minimum atomic E-state index is 0.0892. The van der Waals surface area contributed by atoms with E-state index in [9.17, 15) is 0 Å². The van der Waals surface area contributed by atoms with Crippen molar-refractivity contribution in [3.05, 3.63) is 36.2 Å². The van der Waals surface area contributed by atoms with E-state index in [1.54, 1.807) is 13.1 Å². The number of hydrazone groups is 1. The molecule has 1 aliphatic rings. The summed E-state index contributed by atoms with van der Waals surface area (Å²) in [6, 6.07) is 7.63. The molecule has 1 atom stereocenters. The van der Waals surface area contributed by atoms with Gasteiger partial charge in [-0.1, -0.05) is 6.92 Å². The third-order valence-electron chi connectivity index (χ3n) is 3.69. The Hall–Kier alpha value is -3.16. The van der Waals surface area contributed by atoms with Gasteiger partial charge in [0.1, 0.15) is 0 Å². The van der Waals surface area contributed by atoms with Crippen molar-refractivity contribution in [1.29, 1.82) is 5.41 Å². The number of nitrogens with one attached hydrogen (secondary N) is 3. The molecule has 0 radical (unpaired) electrons. The summed E-state index contributed by atoms with van der Waals surface area (Å²) in [6.07, 6.45) is 5.71. The molecule has 1 unspecified atom stereocenters. The summed E-state index contributed by atoms with van der Waals surface area (Å²) in [7, 11) is 0. The van der Waals surface area contributed by atoms with E-state index in [0.29, 0.717) is 19.2 Å². The average molecular weight is 384 g/mol. The van der Waals surface area contributed by atoms with Gasteiger partial charge in [0, 0.05) is 43.0 Å². The van der Waals surface area contributed by atoms with E-state index in [0.717, 1.165) is 35.8 Å². The number of anilines is 2. The van der Waals surface area contributed by atoms with Crippen LogP contribution in [0.4, 0.5) is 11.6 Å². The van der Waals surface area contributed by atoms with Crippen LogP contribution in [0.2, 0.25) is 0 Å². The Bertz CT molecular complexity index is 781. The average Bonchev–Trinajstić information content (AvgIpc) is 2.94. The smallest absolute Gasteiger partial charge is 0.227 e. The van der Waals surface area contributed by atoms with E-state index in [1.807, 2.05) is 44.3 Å². The van der Waals surface area contributed by atoms with E-state index >= 15 is 0 Å². The highest BCUT2D eigenvalue weighted by atomic mass is 16.5. The van der Waals surface area contributed by atoms with E-state index in [2.05, 4.69) is 25.8 Å². The molecule has 8 nitrogen and oxygen atoms in total. The maximum Gasteiger partial charge on any atom is 0.227 e. The summed E-state index contributed by atoms with van der Waals surface area (Å²) in [5.41, 5.74) is 4.68. The van der Waals surface area contributed by atoms with Gasteiger partial charge in [-0.2, -0.15) is 5.10 Å². The van der Waals surface area contributed by atoms with Crippen LogP contribution in [0, 0.1) is 5.41 Å². The van der Waals surface area contributed by atoms with Crippen LogP contribution in [0.25, 0.3) is 0 Å². The molecule has 28 heavy (non-hydrogen) atoms. The zero-order chi connectivity index (χ0) is 20.2. The number of rotatable bonds is 6. The van der Waals surface area contributed by atoms with E-state index < -0.39 is 0 Å². The lowest BCUT2D eigenvalue weighted by molar-refractivity contribution is 0.297. The predicted molar refractivity (Wildman–Crippen MR) is 112 cm³/mol. The van der Waals surface area contributed by atoms with Crippen molar-refractivity contribution in [3.8, 4) is 11.5 Å². The molecule has 0 amide bonds. The summed E-state index contributed by atoms with van der Waals surface area (Å²) in [6.45, 7) is 7.84. The molecule has 0 spiro atoms. The first-order valence-electron chi connectivity index (χ1n) is 9.38. The van der Waals surface area contributed by atoms with Gasteiger partial charge < -0.3 is 25.6 Å². The van der Waals surface area contributed by atoms with Crippen molar-refractivity contribution in [2.45, 2.75) is 33.1 Å². The Morgan fingerprint density at radius 1 is 1.25 bits per heavy atom. The minimum Gasteiger partial charge on any atom is -0.490 e. The molecule has 150 valence electrons. The molecule has 0 aliphatic carbocycles. The summed E-state index contributed by atoms with van der Waals surface area (Å²) >= 11 is 0. The van der Waals surface area contributed by atoms with E-state index in [-0.39, 0.29) is 5.92 Å². The second kappa shape index (κ2) is 11.5. The number of benzene rings is 1. The van der Waals surface area contributed by atoms with Crippen LogP contribution >= 0.6 is 0 Å². The second-order valence-corrected chi connectivity index (χ2v) is 6.01. The molecule has 0 saturated heterocycles. The summed E-state index contributed by atoms with van der Waals surface area (Å²) in [5.74, 6) is 2.14. The maximum absolute atomic E-state index is 6.08. The normalized spacial score (nSPS) is 13.7. The molecule has 0 bridgehead atoms. The second-order valence-electron chi connectivity index (χ2n) is 6.01. The zero-order valence-corrected chi connectivity index (χ0v) is 16.6. The van der Waals surface area contributed by atoms with E-state index in [4.69, 9.17) is 14.9 Å². The lowest BCUT2D eigenvalue weighted by Gasteiger charge is -2.11. The van der Waals surface area contributed by atoms with Gasteiger partial charge in [-0.15, -0.1) is 0 Å². The molecule has 2 aromatic rings. The van der Waals surface area contributed by atoms with Crippen molar-refractivity contribution in [3.63, 3.8) is 0 Å². The molecule has 1 aromatic heterocycles. The fourth-order valence-electron chi connectivity index (χ4n) is 2.39. The highest BCUT2D eigenvalue weighted by Crippen LogP contribution is 2.33. The van der Waals surface area contributed by atoms with Gasteiger partial charge in [0.25, 0.3) is 0 Å². The highest BCUT2D eigenvalue weighted by Gasteiger charge is 2.12. The topological polar surface area (TPSA) is 105 Å². The Kier molecular flexibility index (Phi) is 8.71. The number of hydrogen-bond acceptors (Lipinski definition) is 8. The number of nitrogens with zero attached hydrogens (tertiary/aromatic N) is 3. The minimum absolute atomic E-state index is 0.0892. The van der Waals surface area contributed by atoms with Crippen LogP contribution < -0.4 is 20.2 Å². The lowest BCUT2D eigenvalue weighted by Crippen LogP contribution is -2.07. The Morgan fingerprint density at radius 2 is 2.00 bits per heavy atom. The number of ether oxygens (including phenoxy) is 2. The lowest BCUT2D eigenvalue weighted by atomic mass is 10.1. The molecule has 0 fully saturated rings. The molecule has 0 saturated carbocycles. The van der Waals surface area contributed by atoms with Crippen LogP contribution in [0.3, 0.4) is 0 Å². The van der Waals surface area contributed by atoms with Crippen LogP contribution in [0.1, 0.15) is 38.8 Å². The molecular formula is C20H28N6O2. The van der Waals surface area contributed by atoms with Gasteiger partial charge in [0.05, 0.1) is 18.9 Å². The Morgan fingerprint density at radius 3 is 2.75 bits per heavy atom. The Labute approximate surface area is 165 Å². The van der Waals surface area contributed by atoms with Crippen molar-refractivity contribution in [2.24, 2.45) is 5.10 Å². The predicted octanol–water partition coefficient (Wildman–Crippen LogP) is 3.74. The van der Waals surface area contributed by atoms with Crippen molar-refractivity contribution in [1.82, 2.24) is 15.4 Å². The number of aromatic nitrogens is 2. The van der Waals surface area contributed by atoms with Crippen LogP contribution in [0.5, 0.6) is 11.5 Å². The first-order valence-corrected chi connectivity index (χ1v) is 9.38. The zero-order valence-electron chi connectivity index (χ0n) is 16.6. The van der Waals surface area contributed by atoms with Gasteiger partial charge in [-0.05, 0) is 38.3 Å². The molecule has 3 N–H and O–H groups in total. The molecule has 1 aromatic carbocycles. The van der Waals surface area contributed by atoms with E-state index in [1.165, 1.54) is 6.21 Å². The largest absolute Gasteiger partial charge is 0.490 e. The molecule has 8 heteroatoms. The Balaban J connectivity index is 0.000000878. The van der Waals surface area contributed by atoms with Gasteiger partial charge in [0.2, 0.25) is 5.95 Å². The van der Waals surface area contributed by atoms with Crippen molar-refractivity contribution < 1.29 is 9.47 Å². The van der Waals surface area contributed by atoms with Gasteiger partial charge in [-0.25, -0.2) is 9.97 Å². The van der Waals surface area contributed by atoms with Crippen LogP contribution in [-0.4, -0.2) is 42.2 Å². The molecule has 1 aliphatic heterocycles. The highest BCUT2D eigenvalue weighted by molar-refractivity contribution is 5.66. The van der Waals surface area contributed by atoms with Crippen LogP contribution in [-0.2, 0) is 0 Å². The number of fused-ring (bicyclic) bond motifs is 1. The standard InChI is InChI=1S/C18H23N5O2.C2H5N/c1-3-20-21-12-13(2)15-7-8-19-18(23-15)22-14-5-6-16-17(11-14)25-10-4-9-24-16;1-2-3/h5-8,11-13,20H,3-4,9-10H2,1-2H3,(H,19,22,23);2-3H,1H3/b21-12-;. The molecule has 2 heterocycles. The fourth-order valence-corrected chi connectivity index (χ4v) is 2.39. The monoisotopic (exact) mass is 384 g/mol. The quantitative estimate of drug-likeness (QED) is 0.518. The number of hydrogen-bond donors (Lipinski definition) is 3. The van der Waals surface area contributed by atoms with Gasteiger partial charge in [-0.3, -0.25) is 0 Å². The summed E-state index contributed by atoms with van der Waals surface area (Å²) < 4.78 is 11.4. The van der Waals surface area contributed by atoms with Crippen LogP contribution in [0.15, 0.2) is 35.6 Å². The first kappa shape index (κ1) is 21.1. The summed E-state index contributed by atoms with van der Waals surface area (Å²) in [4.78, 5) is 8.85. The maximum atomic E-state index is 6.08. The molecule has 3 rings (SSSR count).